The summed E-state index contributed by atoms with van der Waals surface area (Å²) in [6, 6.07) is 15.9. The van der Waals surface area contributed by atoms with Crippen LogP contribution in [-0.4, -0.2) is 6.04 Å². The predicted molar refractivity (Wildman–Crippen MR) is 87.2 cm³/mol. The Hall–Kier alpha value is -1.38. The van der Waals surface area contributed by atoms with E-state index in [1.165, 1.54) is 11.6 Å². The minimum Gasteiger partial charge on any atom is -0.308 e. The summed E-state index contributed by atoms with van der Waals surface area (Å²) in [5.41, 5.74) is 2.26. The van der Waals surface area contributed by atoms with Gasteiger partial charge in [-0.05, 0) is 49.9 Å². The normalized spacial score (nSPS) is 13.9. The van der Waals surface area contributed by atoms with Crippen LogP contribution in [0.15, 0.2) is 48.5 Å². The van der Waals surface area contributed by atoms with Crippen molar-refractivity contribution in [3.05, 3.63) is 70.5 Å². The van der Waals surface area contributed by atoms with Gasteiger partial charge in [-0.25, -0.2) is 4.39 Å². The number of hydrogen-bond donors (Lipinski definition) is 1. The summed E-state index contributed by atoms with van der Waals surface area (Å²) in [4.78, 5) is 0. The van der Waals surface area contributed by atoms with E-state index < -0.39 is 0 Å². The molecule has 112 valence electrons. The van der Waals surface area contributed by atoms with Crippen molar-refractivity contribution in [3.8, 4) is 0 Å². The van der Waals surface area contributed by atoms with E-state index in [0.29, 0.717) is 6.04 Å². The highest BCUT2D eigenvalue weighted by Crippen LogP contribution is 2.20. The maximum atomic E-state index is 13.5. The quantitative estimate of drug-likeness (QED) is 0.778. The van der Waals surface area contributed by atoms with Crippen LogP contribution < -0.4 is 5.32 Å². The SMILES string of the molecule is CC(CCc1ccccc1)NC(C)c1ccc(Cl)c(F)c1. The first-order chi connectivity index (χ1) is 10.1. The van der Waals surface area contributed by atoms with E-state index in [1.807, 2.05) is 19.1 Å². The van der Waals surface area contributed by atoms with Crippen LogP contribution in [-0.2, 0) is 6.42 Å². The number of benzene rings is 2. The Bertz CT molecular complexity index is 571. The third kappa shape index (κ3) is 4.83. The Morgan fingerprint density at radius 1 is 1.10 bits per heavy atom. The topological polar surface area (TPSA) is 12.0 Å². The molecule has 0 aromatic heterocycles. The van der Waals surface area contributed by atoms with Gasteiger partial charge in [-0.15, -0.1) is 0 Å². The molecule has 0 saturated carbocycles. The lowest BCUT2D eigenvalue weighted by atomic mass is 10.0. The molecule has 0 saturated heterocycles. The van der Waals surface area contributed by atoms with Crippen molar-refractivity contribution in [3.63, 3.8) is 0 Å². The zero-order valence-electron chi connectivity index (χ0n) is 12.4. The van der Waals surface area contributed by atoms with Crippen molar-refractivity contribution in [1.82, 2.24) is 5.32 Å². The standard InChI is InChI=1S/C18H21ClFN/c1-13(8-9-15-6-4-3-5-7-15)21-14(2)16-10-11-17(19)18(20)12-16/h3-7,10-14,21H,8-9H2,1-2H3. The van der Waals surface area contributed by atoms with Gasteiger partial charge in [0.1, 0.15) is 5.82 Å². The van der Waals surface area contributed by atoms with E-state index >= 15 is 0 Å². The van der Waals surface area contributed by atoms with E-state index in [-0.39, 0.29) is 16.9 Å². The van der Waals surface area contributed by atoms with Gasteiger partial charge in [0.25, 0.3) is 0 Å². The zero-order chi connectivity index (χ0) is 15.2. The van der Waals surface area contributed by atoms with E-state index in [2.05, 4.69) is 36.5 Å². The summed E-state index contributed by atoms with van der Waals surface area (Å²) in [5, 5.41) is 3.67. The predicted octanol–water partition coefficient (Wildman–Crippen LogP) is 5.15. The van der Waals surface area contributed by atoms with Crippen molar-refractivity contribution < 1.29 is 4.39 Å². The second-order valence-corrected chi connectivity index (χ2v) is 5.89. The fourth-order valence-corrected chi connectivity index (χ4v) is 2.53. The first-order valence-electron chi connectivity index (χ1n) is 7.31. The summed E-state index contributed by atoms with van der Waals surface area (Å²) in [5.74, 6) is -0.361. The zero-order valence-corrected chi connectivity index (χ0v) is 13.2. The van der Waals surface area contributed by atoms with Crippen molar-refractivity contribution >= 4 is 11.6 Å². The van der Waals surface area contributed by atoms with Crippen LogP contribution in [0.3, 0.4) is 0 Å². The van der Waals surface area contributed by atoms with Gasteiger partial charge in [-0.1, -0.05) is 48.0 Å². The van der Waals surface area contributed by atoms with Gasteiger partial charge < -0.3 is 5.32 Å². The highest BCUT2D eigenvalue weighted by molar-refractivity contribution is 6.30. The molecule has 0 spiro atoms. The fourth-order valence-electron chi connectivity index (χ4n) is 2.42. The molecule has 1 N–H and O–H groups in total. The molecule has 0 bridgehead atoms. The van der Waals surface area contributed by atoms with Crippen LogP contribution >= 0.6 is 11.6 Å². The molecular weight excluding hydrogens is 285 g/mol. The van der Waals surface area contributed by atoms with Gasteiger partial charge >= 0.3 is 0 Å². The lowest BCUT2D eigenvalue weighted by Crippen LogP contribution is -2.29. The van der Waals surface area contributed by atoms with E-state index in [0.717, 1.165) is 18.4 Å². The Kier molecular flexibility index (Phi) is 5.77. The highest BCUT2D eigenvalue weighted by atomic mass is 35.5. The molecule has 0 heterocycles. The second kappa shape index (κ2) is 7.58. The molecule has 2 atom stereocenters. The molecule has 2 aromatic carbocycles. The second-order valence-electron chi connectivity index (χ2n) is 5.49. The Labute approximate surface area is 131 Å². The van der Waals surface area contributed by atoms with Crippen LogP contribution in [0.5, 0.6) is 0 Å². The van der Waals surface area contributed by atoms with Crippen molar-refractivity contribution in [2.45, 2.75) is 38.8 Å². The molecule has 1 nitrogen and oxygen atoms in total. The molecule has 3 heteroatoms. The summed E-state index contributed by atoms with van der Waals surface area (Å²) >= 11 is 5.71. The number of halogens is 2. The lowest BCUT2D eigenvalue weighted by molar-refractivity contribution is 0.455. The maximum Gasteiger partial charge on any atom is 0.142 e. The highest BCUT2D eigenvalue weighted by Gasteiger charge is 2.11. The van der Waals surface area contributed by atoms with Crippen LogP contribution in [0.2, 0.25) is 5.02 Å². The maximum absolute atomic E-state index is 13.5. The number of aryl methyl sites for hydroxylation is 1. The van der Waals surface area contributed by atoms with Gasteiger partial charge in [0.2, 0.25) is 0 Å². The summed E-state index contributed by atoms with van der Waals surface area (Å²) in [6.45, 7) is 4.20. The number of rotatable bonds is 6. The Morgan fingerprint density at radius 2 is 1.81 bits per heavy atom. The number of hydrogen-bond acceptors (Lipinski definition) is 1. The van der Waals surface area contributed by atoms with Crippen LogP contribution in [0.1, 0.15) is 37.4 Å². The van der Waals surface area contributed by atoms with E-state index in [1.54, 1.807) is 6.07 Å². The summed E-state index contributed by atoms with van der Waals surface area (Å²) < 4.78 is 13.5. The molecule has 0 aliphatic rings. The van der Waals surface area contributed by atoms with Gasteiger partial charge in [0.15, 0.2) is 0 Å². The van der Waals surface area contributed by atoms with Crippen molar-refractivity contribution in [2.24, 2.45) is 0 Å². The van der Waals surface area contributed by atoms with Gasteiger partial charge in [0, 0.05) is 12.1 Å². The van der Waals surface area contributed by atoms with Gasteiger partial charge in [-0.2, -0.15) is 0 Å². The molecule has 0 amide bonds. The fraction of sp³-hybridized carbons (Fsp3) is 0.333. The molecular formula is C18H21ClFN. The molecule has 0 radical (unpaired) electrons. The number of nitrogens with one attached hydrogen (secondary N) is 1. The molecule has 2 unspecified atom stereocenters. The molecule has 0 aliphatic carbocycles. The first kappa shape index (κ1) is 16.0. The van der Waals surface area contributed by atoms with Gasteiger partial charge in [-0.3, -0.25) is 0 Å². The van der Waals surface area contributed by atoms with Crippen LogP contribution in [0.4, 0.5) is 4.39 Å². The third-order valence-corrected chi connectivity index (χ3v) is 3.99. The molecule has 2 rings (SSSR count). The first-order valence-corrected chi connectivity index (χ1v) is 7.69. The smallest absolute Gasteiger partial charge is 0.142 e. The summed E-state index contributed by atoms with van der Waals surface area (Å²) in [7, 11) is 0. The van der Waals surface area contributed by atoms with Crippen molar-refractivity contribution in [1.29, 1.82) is 0 Å². The molecule has 0 aliphatic heterocycles. The minimum absolute atomic E-state index is 0.0996. The monoisotopic (exact) mass is 305 g/mol. The molecule has 2 aromatic rings. The van der Waals surface area contributed by atoms with E-state index in [4.69, 9.17) is 11.6 Å². The third-order valence-electron chi connectivity index (χ3n) is 3.69. The average molecular weight is 306 g/mol. The Balaban J connectivity index is 1.86. The molecule has 21 heavy (non-hydrogen) atoms. The Morgan fingerprint density at radius 3 is 2.48 bits per heavy atom. The minimum atomic E-state index is -0.361. The largest absolute Gasteiger partial charge is 0.308 e. The van der Waals surface area contributed by atoms with Gasteiger partial charge in [0.05, 0.1) is 5.02 Å². The van der Waals surface area contributed by atoms with Crippen LogP contribution in [0, 0.1) is 5.82 Å². The van der Waals surface area contributed by atoms with Crippen LogP contribution in [0.25, 0.3) is 0 Å². The summed E-state index contributed by atoms with van der Waals surface area (Å²) in [6.07, 6.45) is 2.08. The van der Waals surface area contributed by atoms with Crippen molar-refractivity contribution in [2.75, 3.05) is 0 Å². The average Bonchev–Trinajstić information content (AvgIpc) is 2.49. The molecule has 0 fully saturated rings. The van der Waals surface area contributed by atoms with E-state index in [9.17, 15) is 4.39 Å². The lowest BCUT2D eigenvalue weighted by Gasteiger charge is -2.20.